The number of nitrogens with two attached hydrogens (primary N) is 1. The summed E-state index contributed by atoms with van der Waals surface area (Å²) in [5, 5.41) is 11.4. The summed E-state index contributed by atoms with van der Waals surface area (Å²) >= 11 is 0. The molecular formula is C37H55N3O10. The first-order chi connectivity index (χ1) is 23.7. The van der Waals surface area contributed by atoms with Crippen molar-refractivity contribution >= 4 is 41.0 Å². The highest BCUT2D eigenvalue weighted by molar-refractivity contribution is 6.38. The fraction of sp³-hybridized carbons (Fsp3) is 0.649. The number of nitrogens with one attached hydrogen (secondary N) is 1. The van der Waals surface area contributed by atoms with Crippen LogP contribution in [0.5, 0.6) is 0 Å². The number of ether oxygens (including phenoxy) is 2. The second kappa shape index (κ2) is 21.3. The molecule has 0 radical (unpaired) electrons. The number of carbonyl (C=O) groups excluding carboxylic acids is 7. The summed E-state index contributed by atoms with van der Waals surface area (Å²) in [6.07, 6.45) is -0.878. The van der Waals surface area contributed by atoms with Gasteiger partial charge in [-0.05, 0) is 30.2 Å². The lowest BCUT2D eigenvalue weighted by atomic mass is 9.87. The first-order valence-electron chi connectivity index (χ1n) is 17.6. The minimum atomic E-state index is -1.11. The molecular weight excluding hydrogens is 646 g/mol. The molecule has 3 amide bonds. The number of carbonyl (C=O) groups is 7. The smallest absolute Gasteiger partial charge is 0.306 e. The zero-order valence-corrected chi connectivity index (χ0v) is 30.1. The average Bonchev–Trinajstić information content (AvgIpc) is 3.51. The molecule has 2 rings (SSSR count). The molecule has 1 heterocycles. The van der Waals surface area contributed by atoms with Crippen LogP contribution in [-0.2, 0) is 49.6 Å². The largest absolute Gasteiger partial charge is 0.465 e. The molecule has 50 heavy (non-hydrogen) atoms. The Morgan fingerprint density at radius 3 is 2.24 bits per heavy atom. The molecule has 1 aromatic rings. The summed E-state index contributed by atoms with van der Waals surface area (Å²) in [5.74, 6) is -6.19. The van der Waals surface area contributed by atoms with Gasteiger partial charge in [0.1, 0.15) is 6.04 Å². The molecule has 0 saturated carbocycles. The topological polar surface area (TPSA) is 199 Å². The molecule has 13 nitrogen and oxygen atoms in total. The monoisotopic (exact) mass is 701 g/mol. The van der Waals surface area contributed by atoms with Crippen molar-refractivity contribution in [1.29, 1.82) is 0 Å². The minimum absolute atomic E-state index is 0.0897. The molecule has 0 aliphatic carbocycles. The zero-order valence-electron chi connectivity index (χ0n) is 30.1. The van der Waals surface area contributed by atoms with E-state index in [0.29, 0.717) is 6.42 Å². The van der Waals surface area contributed by atoms with E-state index in [1.807, 2.05) is 65.0 Å². The fourth-order valence-corrected chi connectivity index (χ4v) is 5.89. The molecule has 13 heteroatoms. The van der Waals surface area contributed by atoms with Gasteiger partial charge in [-0.3, -0.25) is 33.6 Å². The SMILES string of the molecule is CCCC(CC(=O)[C@@H]1C[C@@H](OCc2ccccc2)CN1C(=O)C(CC(=O)OCC(C)C)C(C)C)C(=O)C(=O)CCC(=O)NC(CCO)C(N)=O. The minimum Gasteiger partial charge on any atom is -0.465 e. The van der Waals surface area contributed by atoms with Crippen LogP contribution < -0.4 is 11.1 Å². The molecule has 5 atom stereocenters. The maximum absolute atomic E-state index is 14.1. The Hall–Kier alpha value is -3.97. The highest BCUT2D eigenvalue weighted by Gasteiger charge is 2.44. The van der Waals surface area contributed by atoms with Crippen molar-refractivity contribution in [1.82, 2.24) is 10.2 Å². The van der Waals surface area contributed by atoms with Gasteiger partial charge in [-0.15, -0.1) is 0 Å². The Labute approximate surface area is 295 Å². The van der Waals surface area contributed by atoms with Gasteiger partial charge in [0.05, 0.1) is 37.7 Å². The lowest BCUT2D eigenvalue weighted by molar-refractivity contribution is -0.152. The second-order valence-corrected chi connectivity index (χ2v) is 13.8. The maximum atomic E-state index is 14.1. The van der Waals surface area contributed by atoms with Crippen molar-refractivity contribution in [3.05, 3.63) is 35.9 Å². The van der Waals surface area contributed by atoms with Crippen LogP contribution in [0.2, 0.25) is 0 Å². The number of primary amides is 1. The zero-order chi connectivity index (χ0) is 37.4. The van der Waals surface area contributed by atoms with Gasteiger partial charge in [0, 0.05) is 44.8 Å². The summed E-state index contributed by atoms with van der Waals surface area (Å²) in [4.78, 5) is 92.2. The molecule has 0 spiro atoms. The number of esters is 1. The van der Waals surface area contributed by atoms with E-state index in [1.165, 1.54) is 4.90 Å². The van der Waals surface area contributed by atoms with Crippen LogP contribution in [0.15, 0.2) is 30.3 Å². The highest BCUT2D eigenvalue weighted by atomic mass is 16.5. The summed E-state index contributed by atoms with van der Waals surface area (Å²) in [5.41, 5.74) is 6.15. The van der Waals surface area contributed by atoms with E-state index in [-0.39, 0.29) is 88.4 Å². The number of benzene rings is 1. The van der Waals surface area contributed by atoms with Crippen LogP contribution in [-0.4, -0.2) is 89.0 Å². The van der Waals surface area contributed by atoms with Gasteiger partial charge in [-0.25, -0.2) is 0 Å². The summed E-state index contributed by atoms with van der Waals surface area (Å²) in [6.45, 7) is 9.54. The van der Waals surface area contributed by atoms with Gasteiger partial charge in [-0.2, -0.15) is 0 Å². The molecule has 4 N–H and O–H groups in total. The van der Waals surface area contributed by atoms with Crippen molar-refractivity contribution in [2.24, 2.45) is 29.4 Å². The molecule has 1 aromatic carbocycles. The Morgan fingerprint density at radius 2 is 1.66 bits per heavy atom. The van der Waals surface area contributed by atoms with Crippen LogP contribution in [0.25, 0.3) is 0 Å². The first kappa shape index (κ1) is 42.2. The normalized spacial score (nSPS) is 17.6. The number of Topliss-reactive ketones (excluding diaryl/α,β-unsaturated/α-hetero) is 3. The lowest BCUT2D eigenvalue weighted by Crippen LogP contribution is -2.46. The van der Waals surface area contributed by atoms with Crippen LogP contribution >= 0.6 is 0 Å². The summed E-state index contributed by atoms with van der Waals surface area (Å²) in [7, 11) is 0. The third-order valence-corrected chi connectivity index (χ3v) is 8.74. The van der Waals surface area contributed by atoms with Gasteiger partial charge in [0.2, 0.25) is 23.5 Å². The number of aliphatic hydroxyl groups is 1. The van der Waals surface area contributed by atoms with Crippen molar-refractivity contribution in [3.63, 3.8) is 0 Å². The predicted molar refractivity (Wildman–Crippen MR) is 184 cm³/mol. The maximum Gasteiger partial charge on any atom is 0.306 e. The van der Waals surface area contributed by atoms with Crippen LogP contribution in [0, 0.1) is 23.7 Å². The average molecular weight is 702 g/mol. The first-order valence-corrected chi connectivity index (χ1v) is 17.6. The van der Waals surface area contributed by atoms with Crippen LogP contribution in [0.1, 0.15) is 91.5 Å². The third-order valence-electron chi connectivity index (χ3n) is 8.74. The van der Waals surface area contributed by atoms with Crippen molar-refractivity contribution in [2.75, 3.05) is 19.8 Å². The van der Waals surface area contributed by atoms with E-state index in [2.05, 4.69) is 5.32 Å². The number of rotatable bonds is 23. The van der Waals surface area contributed by atoms with E-state index in [4.69, 9.17) is 20.3 Å². The highest BCUT2D eigenvalue weighted by Crippen LogP contribution is 2.30. The number of hydrogen-bond donors (Lipinski definition) is 3. The Morgan fingerprint density at radius 1 is 0.980 bits per heavy atom. The number of hydrogen-bond acceptors (Lipinski definition) is 10. The van der Waals surface area contributed by atoms with Gasteiger partial charge >= 0.3 is 5.97 Å². The van der Waals surface area contributed by atoms with Gasteiger partial charge in [0.25, 0.3) is 0 Å². The fourth-order valence-electron chi connectivity index (χ4n) is 5.89. The van der Waals surface area contributed by atoms with Crippen molar-refractivity contribution < 1.29 is 48.1 Å². The van der Waals surface area contributed by atoms with Crippen molar-refractivity contribution in [3.8, 4) is 0 Å². The van der Waals surface area contributed by atoms with E-state index >= 15 is 0 Å². The molecule has 3 unspecified atom stereocenters. The van der Waals surface area contributed by atoms with E-state index in [1.54, 1.807) is 0 Å². The number of likely N-dealkylation sites (tertiary alicyclic amines) is 1. The number of nitrogens with zero attached hydrogens (tertiary/aromatic N) is 1. The summed E-state index contributed by atoms with van der Waals surface area (Å²) in [6, 6.07) is 7.43. The molecule has 0 bridgehead atoms. The molecule has 1 aliphatic rings. The Balaban J connectivity index is 2.21. The van der Waals surface area contributed by atoms with Gasteiger partial charge in [0.15, 0.2) is 11.6 Å². The third kappa shape index (κ3) is 13.7. The predicted octanol–water partition coefficient (Wildman–Crippen LogP) is 2.68. The Kier molecular flexibility index (Phi) is 18.0. The van der Waals surface area contributed by atoms with Gasteiger partial charge < -0.3 is 30.5 Å². The second-order valence-electron chi connectivity index (χ2n) is 13.8. The number of aliphatic hydroxyl groups excluding tert-OH is 1. The van der Waals surface area contributed by atoms with Crippen LogP contribution in [0.3, 0.4) is 0 Å². The van der Waals surface area contributed by atoms with Crippen LogP contribution in [0.4, 0.5) is 0 Å². The molecule has 1 fully saturated rings. The number of amides is 3. The molecule has 0 aromatic heterocycles. The quantitative estimate of drug-likeness (QED) is 0.113. The van der Waals surface area contributed by atoms with Crippen molar-refractivity contribution in [2.45, 2.75) is 111 Å². The van der Waals surface area contributed by atoms with E-state index in [9.17, 15) is 33.6 Å². The molecule has 278 valence electrons. The Bertz CT molecular complexity index is 1320. The van der Waals surface area contributed by atoms with E-state index in [0.717, 1.165) is 5.56 Å². The van der Waals surface area contributed by atoms with Gasteiger partial charge in [-0.1, -0.05) is 71.4 Å². The lowest BCUT2D eigenvalue weighted by Gasteiger charge is -2.30. The number of ketones is 3. The molecule has 1 saturated heterocycles. The van der Waals surface area contributed by atoms with E-state index < -0.39 is 65.8 Å². The summed E-state index contributed by atoms with van der Waals surface area (Å²) < 4.78 is 11.5. The molecule has 1 aliphatic heterocycles. The standard InChI is InChI=1S/C37H55N3O10/c1-6-10-26(35(46)31(42)13-14-33(44)39-29(15-16-41)36(38)47)17-32(43)30-18-27(49-22-25-11-8-7-9-12-25)20-40(30)37(48)28(24(4)5)19-34(45)50-21-23(2)3/h7-9,11-12,23-24,26-30,41H,6,10,13-22H2,1-5H3,(H2,38,47)(H,39,44)/t26?,27-,28?,29?,30+/m1/s1.